The van der Waals surface area contributed by atoms with E-state index in [-0.39, 0.29) is 35.7 Å². The summed E-state index contributed by atoms with van der Waals surface area (Å²) in [7, 11) is 3.34. The minimum atomic E-state index is -0.509. The summed E-state index contributed by atoms with van der Waals surface area (Å²) in [4.78, 5) is 17.0. The molecule has 0 spiro atoms. The fourth-order valence-electron chi connectivity index (χ4n) is 1.94. The molecule has 1 rings (SSSR count). The summed E-state index contributed by atoms with van der Waals surface area (Å²) < 4.78 is 12.8. The molecule has 0 fully saturated rings. The van der Waals surface area contributed by atoms with Gasteiger partial charge in [0.15, 0.2) is 5.96 Å². The molecule has 1 aromatic rings. The van der Waals surface area contributed by atoms with Gasteiger partial charge < -0.3 is 16.0 Å². The lowest BCUT2D eigenvalue weighted by atomic mass is 9.92. The van der Waals surface area contributed by atoms with Crippen molar-refractivity contribution < 1.29 is 9.18 Å². The zero-order valence-electron chi connectivity index (χ0n) is 15.2. The third kappa shape index (κ3) is 9.29. The van der Waals surface area contributed by atoms with Gasteiger partial charge in [-0.3, -0.25) is 9.79 Å². The van der Waals surface area contributed by atoms with Crippen molar-refractivity contribution >= 4 is 47.6 Å². The zero-order valence-corrected chi connectivity index (χ0v) is 18.3. The molecule has 25 heavy (non-hydrogen) atoms. The third-order valence-corrected chi connectivity index (χ3v) is 4.56. The van der Waals surface area contributed by atoms with Gasteiger partial charge in [-0.2, -0.15) is 0 Å². The molecule has 0 aliphatic carbocycles. The van der Waals surface area contributed by atoms with Crippen molar-refractivity contribution in [2.24, 2.45) is 10.4 Å². The molecule has 0 aromatic heterocycles. The van der Waals surface area contributed by atoms with Gasteiger partial charge in [0, 0.05) is 32.1 Å². The number of nitrogens with one attached hydrogen (secondary N) is 3. The normalized spacial score (nSPS) is 11.5. The number of carbonyl (C=O) groups is 1. The Balaban J connectivity index is 0.00000576. The minimum Gasteiger partial charge on any atom is -0.359 e. The largest absolute Gasteiger partial charge is 0.359 e. The molecule has 5 nitrogen and oxygen atoms in total. The number of halogens is 2. The van der Waals surface area contributed by atoms with Crippen molar-refractivity contribution in [1.82, 2.24) is 16.0 Å². The first-order chi connectivity index (χ1) is 11.4. The maximum Gasteiger partial charge on any atom is 0.227 e. The second-order valence-corrected chi connectivity index (χ2v) is 7.14. The Hall–Kier alpha value is -1.03. The number of nitrogens with zero attached hydrogens (tertiary/aromatic N) is 1. The van der Waals surface area contributed by atoms with Gasteiger partial charge in [0.1, 0.15) is 5.82 Å². The molecule has 0 radical (unpaired) electrons. The summed E-state index contributed by atoms with van der Waals surface area (Å²) in [6, 6.07) is 6.52. The van der Waals surface area contributed by atoms with Crippen LogP contribution in [-0.2, 0) is 4.79 Å². The van der Waals surface area contributed by atoms with Crippen LogP contribution in [0.4, 0.5) is 4.39 Å². The first kappa shape index (κ1) is 24.0. The Morgan fingerprint density at radius 3 is 2.44 bits per heavy atom. The standard InChI is InChI=1S/C17H27FN4OS.HI/c1-17(2,15(23)19-3)12-22-16(20-4)21-10-5-11-24-14-8-6-13(18)7-9-14;/h6-9H,5,10-12H2,1-4H3,(H,19,23)(H2,20,21,22);1H. The number of carbonyl (C=O) groups excluding carboxylic acids is 1. The van der Waals surface area contributed by atoms with Crippen molar-refractivity contribution in [2.45, 2.75) is 25.2 Å². The summed E-state index contributed by atoms with van der Waals surface area (Å²) in [6.07, 6.45) is 0.946. The number of amides is 1. The summed E-state index contributed by atoms with van der Waals surface area (Å²) in [5.41, 5.74) is -0.509. The van der Waals surface area contributed by atoms with Gasteiger partial charge in [0.2, 0.25) is 5.91 Å². The third-order valence-electron chi connectivity index (χ3n) is 3.46. The first-order valence-corrected chi connectivity index (χ1v) is 8.92. The van der Waals surface area contributed by atoms with Crippen molar-refractivity contribution in [1.29, 1.82) is 0 Å². The number of rotatable bonds is 8. The second kappa shape index (κ2) is 12.3. The van der Waals surface area contributed by atoms with E-state index in [1.807, 2.05) is 13.8 Å². The molecule has 1 amide bonds. The van der Waals surface area contributed by atoms with Crippen LogP contribution in [0.25, 0.3) is 0 Å². The van der Waals surface area contributed by atoms with Gasteiger partial charge in [0.05, 0.1) is 5.41 Å². The Bertz CT molecular complexity index is 552. The van der Waals surface area contributed by atoms with E-state index in [1.54, 1.807) is 38.0 Å². The fraction of sp³-hybridized carbons (Fsp3) is 0.529. The van der Waals surface area contributed by atoms with Gasteiger partial charge in [0.25, 0.3) is 0 Å². The molecule has 142 valence electrons. The van der Waals surface area contributed by atoms with Gasteiger partial charge in [-0.05, 0) is 50.3 Å². The maximum atomic E-state index is 12.8. The highest BCUT2D eigenvalue weighted by Gasteiger charge is 2.26. The summed E-state index contributed by atoms with van der Waals surface area (Å²) >= 11 is 1.69. The van der Waals surface area contributed by atoms with E-state index in [2.05, 4.69) is 20.9 Å². The lowest BCUT2D eigenvalue weighted by Gasteiger charge is -2.24. The van der Waals surface area contributed by atoms with Crippen LogP contribution in [0.1, 0.15) is 20.3 Å². The Kier molecular flexibility index (Phi) is 11.8. The van der Waals surface area contributed by atoms with Crippen molar-refractivity contribution in [2.75, 3.05) is 32.9 Å². The Labute approximate surface area is 171 Å². The molecule has 0 aliphatic heterocycles. The SMILES string of the molecule is CN=C(NCCCSc1ccc(F)cc1)NCC(C)(C)C(=O)NC.I. The van der Waals surface area contributed by atoms with Crippen LogP contribution in [0.3, 0.4) is 0 Å². The number of hydrogen-bond donors (Lipinski definition) is 3. The van der Waals surface area contributed by atoms with Crippen LogP contribution >= 0.6 is 35.7 Å². The Morgan fingerprint density at radius 1 is 1.24 bits per heavy atom. The van der Waals surface area contributed by atoms with Crippen LogP contribution in [0.2, 0.25) is 0 Å². The van der Waals surface area contributed by atoms with E-state index in [1.165, 1.54) is 12.1 Å². The van der Waals surface area contributed by atoms with Crippen LogP contribution in [0, 0.1) is 11.2 Å². The number of aliphatic imine (C=N–C) groups is 1. The van der Waals surface area contributed by atoms with Crippen molar-refractivity contribution in [3.8, 4) is 0 Å². The van der Waals surface area contributed by atoms with Crippen molar-refractivity contribution in [3.63, 3.8) is 0 Å². The molecule has 0 heterocycles. The van der Waals surface area contributed by atoms with E-state index in [4.69, 9.17) is 0 Å². The van der Waals surface area contributed by atoms with E-state index >= 15 is 0 Å². The highest BCUT2D eigenvalue weighted by molar-refractivity contribution is 14.0. The van der Waals surface area contributed by atoms with Crippen LogP contribution in [-0.4, -0.2) is 44.8 Å². The molecule has 0 saturated heterocycles. The Morgan fingerprint density at radius 2 is 1.88 bits per heavy atom. The van der Waals surface area contributed by atoms with Crippen LogP contribution < -0.4 is 16.0 Å². The molecule has 1 aromatic carbocycles. The summed E-state index contributed by atoms with van der Waals surface area (Å²) in [5, 5.41) is 9.06. The highest BCUT2D eigenvalue weighted by atomic mass is 127. The van der Waals surface area contributed by atoms with Gasteiger partial charge in [-0.15, -0.1) is 35.7 Å². The van der Waals surface area contributed by atoms with E-state index in [0.717, 1.165) is 23.6 Å². The van der Waals surface area contributed by atoms with E-state index < -0.39 is 5.41 Å². The smallest absolute Gasteiger partial charge is 0.227 e. The maximum absolute atomic E-state index is 12.8. The van der Waals surface area contributed by atoms with Crippen molar-refractivity contribution in [3.05, 3.63) is 30.1 Å². The monoisotopic (exact) mass is 482 g/mol. The predicted molar refractivity (Wildman–Crippen MR) is 114 cm³/mol. The van der Waals surface area contributed by atoms with Gasteiger partial charge in [-0.1, -0.05) is 0 Å². The molecular formula is C17H28FIN4OS. The number of hydrogen-bond acceptors (Lipinski definition) is 3. The second-order valence-electron chi connectivity index (χ2n) is 5.97. The predicted octanol–water partition coefficient (Wildman–Crippen LogP) is 2.86. The summed E-state index contributed by atoms with van der Waals surface area (Å²) in [5.74, 6) is 1.38. The zero-order chi connectivity index (χ0) is 18.0. The van der Waals surface area contributed by atoms with E-state index in [9.17, 15) is 9.18 Å². The molecule has 0 aliphatic rings. The first-order valence-electron chi connectivity index (χ1n) is 7.94. The highest BCUT2D eigenvalue weighted by Crippen LogP contribution is 2.18. The quantitative estimate of drug-likeness (QED) is 0.175. The summed E-state index contributed by atoms with van der Waals surface area (Å²) in [6.45, 7) is 5.03. The molecule has 8 heteroatoms. The molecule has 0 bridgehead atoms. The molecular weight excluding hydrogens is 454 g/mol. The molecule has 3 N–H and O–H groups in total. The topological polar surface area (TPSA) is 65.5 Å². The number of benzene rings is 1. The molecule has 0 unspecified atom stereocenters. The molecule has 0 saturated carbocycles. The number of guanidine groups is 1. The van der Waals surface area contributed by atoms with Crippen LogP contribution in [0.5, 0.6) is 0 Å². The van der Waals surface area contributed by atoms with Gasteiger partial charge >= 0.3 is 0 Å². The van der Waals surface area contributed by atoms with E-state index in [0.29, 0.717) is 12.5 Å². The fourth-order valence-corrected chi connectivity index (χ4v) is 2.80. The molecule has 0 atom stereocenters. The average molecular weight is 482 g/mol. The lowest BCUT2D eigenvalue weighted by Crippen LogP contribution is -2.47. The van der Waals surface area contributed by atoms with Gasteiger partial charge in [-0.25, -0.2) is 4.39 Å². The number of thioether (sulfide) groups is 1. The van der Waals surface area contributed by atoms with Crippen LogP contribution in [0.15, 0.2) is 34.2 Å². The average Bonchev–Trinajstić information content (AvgIpc) is 2.58. The lowest BCUT2D eigenvalue weighted by molar-refractivity contribution is -0.128. The minimum absolute atomic E-state index is 0.